The standard InChI is InChI=1S/C27H39N3O9/c1-4-37-25(34)10-7-13-28(19-31)22-16-23(29(20-32)14-8-11-26(35)38-5-2)18-24(17-22)30(21-33)15-9-12-27(36)39-6-3/h16-21H,4-15H2,1-3H3. The number of esters is 3. The van der Waals surface area contributed by atoms with Crippen molar-refractivity contribution in [2.45, 2.75) is 59.3 Å². The molecule has 0 atom stereocenters. The van der Waals surface area contributed by atoms with Crippen molar-refractivity contribution < 1.29 is 43.0 Å². The molecule has 0 spiro atoms. The zero-order valence-corrected chi connectivity index (χ0v) is 23.0. The number of hydrogen-bond acceptors (Lipinski definition) is 9. The van der Waals surface area contributed by atoms with E-state index in [1.54, 1.807) is 39.0 Å². The summed E-state index contributed by atoms with van der Waals surface area (Å²) in [5.74, 6) is -1.12. The summed E-state index contributed by atoms with van der Waals surface area (Å²) in [5.41, 5.74) is 1.20. The van der Waals surface area contributed by atoms with Crippen LogP contribution in [0.1, 0.15) is 59.3 Å². The Balaban J connectivity index is 3.21. The van der Waals surface area contributed by atoms with Crippen molar-refractivity contribution in [1.82, 2.24) is 0 Å². The van der Waals surface area contributed by atoms with Crippen LogP contribution in [-0.4, -0.2) is 76.6 Å². The van der Waals surface area contributed by atoms with Crippen molar-refractivity contribution in [2.75, 3.05) is 54.2 Å². The van der Waals surface area contributed by atoms with Gasteiger partial charge in [-0.2, -0.15) is 0 Å². The number of carbonyl (C=O) groups is 6. The van der Waals surface area contributed by atoms with Gasteiger partial charge in [-0.3, -0.25) is 28.8 Å². The molecule has 0 aromatic heterocycles. The van der Waals surface area contributed by atoms with Gasteiger partial charge < -0.3 is 28.9 Å². The zero-order valence-electron chi connectivity index (χ0n) is 23.0. The molecule has 3 amide bonds. The third-order valence-corrected chi connectivity index (χ3v) is 5.52. The van der Waals surface area contributed by atoms with E-state index in [-0.39, 0.29) is 76.6 Å². The van der Waals surface area contributed by atoms with Gasteiger partial charge in [0, 0.05) is 56.0 Å². The Hall–Kier alpha value is -3.96. The Kier molecular flexibility index (Phi) is 16.2. The maximum atomic E-state index is 12.0. The van der Waals surface area contributed by atoms with E-state index in [1.807, 2.05) is 0 Å². The summed E-state index contributed by atoms with van der Waals surface area (Å²) >= 11 is 0. The Labute approximate surface area is 229 Å². The monoisotopic (exact) mass is 549 g/mol. The van der Waals surface area contributed by atoms with E-state index in [4.69, 9.17) is 14.2 Å². The highest BCUT2D eigenvalue weighted by Crippen LogP contribution is 2.30. The average Bonchev–Trinajstić information content (AvgIpc) is 2.91. The normalized spacial score (nSPS) is 10.2. The van der Waals surface area contributed by atoms with Crippen LogP contribution in [0.3, 0.4) is 0 Å². The minimum Gasteiger partial charge on any atom is -0.466 e. The van der Waals surface area contributed by atoms with Gasteiger partial charge in [-0.15, -0.1) is 0 Å². The smallest absolute Gasteiger partial charge is 0.305 e. The number of hydrogen-bond donors (Lipinski definition) is 0. The van der Waals surface area contributed by atoms with Crippen LogP contribution in [-0.2, 0) is 43.0 Å². The van der Waals surface area contributed by atoms with Gasteiger partial charge in [-0.1, -0.05) is 0 Å². The van der Waals surface area contributed by atoms with Crippen molar-refractivity contribution in [3.8, 4) is 0 Å². The molecule has 0 unspecified atom stereocenters. The lowest BCUT2D eigenvalue weighted by Crippen LogP contribution is -2.28. The summed E-state index contributed by atoms with van der Waals surface area (Å²) in [6.45, 7) is 6.49. The van der Waals surface area contributed by atoms with Gasteiger partial charge in [0.15, 0.2) is 0 Å². The van der Waals surface area contributed by atoms with Crippen LogP contribution in [0.5, 0.6) is 0 Å². The van der Waals surface area contributed by atoms with Crippen molar-refractivity contribution in [1.29, 1.82) is 0 Å². The number of rotatable bonds is 21. The summed E-state index contributed by atoms with van der Waals surface area (Å²) in [4.78, 5) is 75.1. The van der Waals surface area contributed by atoms with E-state index < -0.39 is 0 Å². The van der Waals surface area contributed by atoms with Crippen molar-refractivity contribution >= 4 is 54.2 Å². The van der Waals surface area contributed by atoms with Crippen LogP contribution in [0, 0.1) is 0 Å². The van der Waals surface area contributed by atoms with Gasteiger partial charge >= 0.3 is 17.9 Å². The molecule has 0 saturated heterocycles. The summed E-state index contributed by atoms with van der Waals surface area (Å²) in [7, 11) is 0. The van der Waals surface area contributed by atoms with Gasteiger partial charge in [0.05, 0.1) is 19.8 Å². The second kappa shape index (κ2) is 19.2. The van der Waals surface area contributed by atoms with Crippen LogP contribution in [0.25, 0.3) is 0 Å². The molecule has 12 heteroatoms. The topological polar surface area (TPSA) is 140 Å². The van der Waals surface area contributed by atoms with Crippen LogP contribution >= 0.6 is 0 Å². The molecule has 12 nitrogen and oxygen atoms in total. The van der Waals surface area contributed by atoms with E-state index in [9.17, 15) is 28.8 Å². The Morgan fingerprint density at radius 1 is 0.564 bits per heavy atom. The quantitative estimate of drug-likeness (QED) is 0.129. The molecule has 1 aromatic rings. The second-order valence-corrected chi connectivity index (χ2v) is 8.33. The molecule has 0 bridgehead atoms. The average molecular weight is 550 g/mol. The molecule has 0 saturated carbocycles. The van der Waals surface area contributed by atoms with Crippen LogP contribution in [0.2, 0.25) is 0 Å². The minimum absolute atomic E-state index is 0.118. The Morgan fingerprint density at radius 2 is 0.821 bits per heavy atom. The van der Waals surface area contributed by atoms with Crippen molar-refractivity contribution in [3.63, 3.8) is 0 Å². The fourth-order valence-electron chi connectivity index (χ4n) is 3.69. The van der Waals surface area contributed by atoms with E-state index >= 15 is 0 Å². The molecule has 0 N–H and O–H groups in total. The molecule has 0 aliphatic carbocycles. The van der Waals surface area contributed by atoms with Gasteiger partial charge in [0.2, 0.25) is 19.2 Å². The SMILES string of the molecule is CCOC(=O)CCCN(C=O)c1cc(N(C=O)CCCC(=O)OCC)cc(N(C=O)CCCC(=O)OCC)c1. The number of nitrogens with zero attached hydrogens (tertiary/aromatic N) is 3. The van der Waals surface area contributed by atoms with E-state index in [0.29, 0.717) is 55.6 Å². The maximum Gasteiger partial charge on any atom is 0.305 e. The number of carbonyl (C=O) groups excluding carboxylic acids is 6. The highest BCUT2D eigenvalue weighted by Gasteiger charge is 2.17. The Bertz CT molecular complexity index is 823. The van der Waals surface area contributed by atoms with Gasteiger partial charge in [0.25, 0.3) is 0 Å². The molecule has 39 heavy (non-hydrogen) atoms. The highest BCUT2D eigenvalue weighted by molar-refractivity contribution is 5.87. The first-order valence-electron chi connectivity index (χ1n) is 13.1. The van der Waals surface area contributed by atoms with E-state index in [0.717, 1.165) is 0 Å². The Morgan fingerprint density at radius 3 is 1.03 bits per heavy atom. The zero-order chi connectivity index (χ0) is 29.0. The minimum atomic E-state index is -0.375. The predicted molar refractivity (Wildman–Crippen MR) is 144 cm³/mol. The van der Waals surface area contributed by atoms with E-state index in [2.05, 4.69) is 0 Å². The summed E-state index contributed by atoms with van der Waals surface area (Å²) in [6, 6.07) is 4.84. The number of ether oxygens (including phenoxy) is 3. The number of amides is 3. The summed E-state index contributed by atoms with van der Waals surface area (Å²) in [6.07, 6.45) is 3.18. The largest absolute Gasteiger partial charge is 0.466 e. The summed E-state index contributed by atoms with van der Waals surface area (Å²) in [5, 5.41) is 0. The number of benzene rings is 1. The van der Waals surface area contributed by atoms with Gasteiger partial charge in [-0.25, -0.2) is 0 Å². The third-order valence-electron chi connectivity index (χ3n) is 5.52. The van der Waals surface area contributed by atoms with Crippen molar-refractivity contribution in [3.05, 3.63) is 18.2 Å². The molecule has 0 radical (unpaired) electrons. The van der Waals surface area contributed by atoms with Crippen LogP contribution in [0.15, 0.2) is 18.2 Å². The lowest BCUT2D eigenvalue weighted by molar-refractivity contribution is -0.144. The number of anilines is 3. The molecular formula is C27H39N3O9. The molecule has 0 fully saturated rings. The fourth-order valence-corrected chi connectivity index (χ4v) is 3.69. The first-order valence-corrected chi connectivity index (χ1v) is 13.1. The highest BCUT2D eigenvalue weighted by atomic mass is 16.5. The first kappa shape index (κ1) is 33.1. The third kappa shape index (κ3) is 12.4. The van der Waals surface area contributed by atoms with Gasteiger partial charge in [-0.05, 0) is 58.2 Å². The maximum absolute atomic E-state index is 12.0. The van der Waals surface area contributed by atoms with E-state index in [1.165, 1.54) is 14.7 Å². The first-order chi connectivity index (χ1) is 18.8. The summed E-state index contributed by atoms with van der Waals surface area (Å²) < 4.78 is 14.8. The molecule has 0 heterocycles. The molecule has 0 aliphatic heterocycles. The molecule has 0 aliphatic rings. The molecule has 1 aromatic carbocycles. The lowest BCUT2D eigenvalue weighted by atomic mass is 10.1. The second-order valence-electron chi connectivity index (χ2n) is 8.33. The predicted octanol–water partition coefficient (Wildman–Crippen LogP) is 2.60. The molecule has 216 valence electrons. The fraction of sp³-hybridized carbons (Fsp3) is 0.556. The molecular weight excluding hydrogens is 510 g/mol. The van der Waals surface area contributed by atoms with Crippen LogP contribution < -0.4 is 14.7 Å². The van der Waals surface area contributed by atoms with Gasteiger partial charge in [0.1, 0.15) is 0 Å². The van der Waals surface area contributed by atoms with Crippen molar-refractivity contribution in [2.24, 2.45) is 0 Å². The molecule has 1 rings (SSSR count). The lowest BCUT2D eigenvalue weighted by Gasteiger charge is -2.26. The van der Waals surface area contributed by atoms with Crippen LogP contribution in [0.4, 0.5) is 17.1 Å².